The number of ether oxygens (including phenoxy) is 4. The maximum atomic E-state index is 12.8. The molecule has 6 atom stereocenters. The van der Waals surface area contributed by atoms with Crippen LogP contribution in [0.3, 0.4) is 0 Å². The molecule has 64 heavy (non-hydrogen) atoms. The van der Waals surface area contributed by atoms with E-state index in [1.165, 1.54) is 38.5 Å². The molecule has 2 unspecified atom stereocenters. The van der Waals surface area contributed by atoms with Crippen LogP contribution in [0.15, 0.2) is 97.2 Å². The minimum atomic E-state index is -4.62. The van der Waals surface area contributed by atoms with E-state index in [4.69, 9.17) is 18.9 Å². The molecule has 1 heterocycles. The van der Waals surface area contributed by atoms with E-state index in [1.807, 2.05) is 12.2 Å². The molecule has 0 aliphatic carbocycles. The van der Waals surface area contributed by atoms with E-state index in [-0.39, 0.29) is 19.4 Å². The van der Waals surface area contributed by atoms with Gasteiger partial charge in [0.05, 0.1) is 6.61 Å². The zero-order chi connectivity index (χ0) is 46.9. The number of aliphatic hydroxyl groups excluding tert-OH is 3. The van der Waals surface area contributed by atoms with Gasteiger partial charge in [-0.1, -0.05) is 143 Å². The van der Waals surface area contributed by atoms with Crippen molar-refractivity contribution in [3.05, 3.63) is 97.2 Å². The molecule has 1 saturated heterocycles. The number of hydrogen-bond acceptors (Lipinski definition) is 11. The van der Waals surface area contributed by atoms with Crippen molar-refractivity contribution in [1.82, 2.24) is 0 Å². The lowest BCUT2D eigenvalue weighted by Gasteiger charge is -2.40. The Hall–Kier alpha value is -3.43. The molecule has 0 aromatic heterocycles. The Balaban J connectivity index is 2.51. The normalized spacial score (nSPS) is 20.5. The van der Waals surface area contributed by atoms with E-state index in [0.717, 1.165) is 70.6 Å². The van der Waals surface area contributed by atoms with E-state index in [0.29, 0.717) is 19.3 Å². The van der Waals surface area contributed by atoms with Gasteiger partial charge in [0.15, 0.2) is 12.4 Å². The van der Waals surface area contributed by atoms with Gasteiger partial charge < -0.3 is 34.3 Å². The highest BCUT2D eigenvalue weighted by Gasteiger charge is 2.46. The van der Waals surface area contributed by atoms with Crippen molar-refractivity contribution in [1.29, 1.82) is 0 Å². The minimum absolute atomic E-state index is 0.109. The third-order valence-electron chi connectivity index (χ3n) is 10.1. The van der Waals surface area contributed by atoms with Crippen molar-refractivity contribution in [2.75, 3.05) is 19.0 Å². The second-order valence-corrected chi connectivity index (χ2v) is 17.6. The largest absolute Gasteiger partial charge is 0.462 e. The van der Waals surface area contributed by atoms with Crippen LogP contribution in [0.5, 0.6) is 0 Å². The fraction of sp³-hybridized carbons (Fsp3) is 0.647. The molecule has 1 aliphatic rings. The number of unbranched alkanes of at least 4 members (excludes halogenated alkanes) is 10. The lowest BCUT2D eigenvalue weighted by Crippen LogP contribution is -2.60. The highest BCUT2D eigenvalue weighted by atomic mass is 32.2. The monoisotopic (exact) mass is 919 g/mol. The van der Waals surface area contributed by atoms with Gasteiger partial charge in [0.1, 0.15) is 36.8 Å². The van der Waals surface area contributed by atoms with Crippen LogP contribution in [0.1, 0.15) is 155 Å². The molecule has 4 N–H and O–H groups in total. The summed E-state index contributed by atoms with van der Waals surface area (Å²) in [6.45, 7) is 3.62. The maximum Gasteiger partial charge on any atom is 0.306 e. The van der Waals surface area contributed by atoms with Crippen LogP contribution >= 0.6 is 0 Å². The van der Waals surface area contributed by atoms with Crippen molar-refractivity contribution in [3.8, 4) is 0 Å². The van der Waals surface area contributed by atoms with Crippen molar-refractivity contribution >= 4 is 22.1 Å². The predicted molar refractivity (Wildman–Crippen MR) is 256 cm³/mol. The van der Waals surface area contributed by atoms with E-state index >= 15 is 0 Å². The van der Waals surface area contributed by atoms with Crippen molar-refractivity contribution in [2.45, 2.75) is 192 Å². The van der Waals surface area contributed by atoms with Gasteiger partial charge in [0, 0.05) is 12.8 Å². The van der Waals surface area contributed by atoms with E-state index in [1.54, 1.807) is 0 Å². The highest BCUT2D eigenvalue weighted by molar-refractivity contribution is 7.85. The first-order valence-corrected chi connectivity index (χ1v) is 25.4. The summed E-state index contributed by atoms with van der Waals surface area (Å²) in [6, 6.07) is 0. The summed E-state index contributed by atoms with van der Waals surface area (Å²) >= 11 is 0. The number of allylic oxidation sites excluding steroid dienone is 16. The van der Waals surface area contributed by atoms with Crippen LogP contribution < -0.4 is 0 Å². The fourth-order valence-corrected chi connectivity index (χ4v) is 7.11. The number of carbonyl (C=O) groups excluding carboxylic acids is 2. The Bertz CT molecular complexity index is 1540. The number of aliphatic hydroxyl groups is 3. The molecular formula is C51H82O12S. The summed E-state index contributed by atoms with van der Waals surface area (Å²) in [4.78, 5) is 25.4. The Morgan fingerprint density at radius 1 is 0.531 bits per heavy atom. The summed E-state index contributed by atoms with van der Waals surface area (Å²) in [5.41, 5.74) is 0. The average molecular weight is 919 g/mol. The molecule has 13 heteroatoms. The SMILES string of the molecule is CCCCC/C=C/C/C=C/C/C=C/C/C=C/CCCCCC(=O)O[C@H](COC(=O)CCC/C=C/C/C=C/C/C=C/C/C=C/CCCCC)CO[C@H]1O[C@H](CS(=O)(=O)O)[C@@H](O)C(O)C1O. The van der Waals surface area contributed by atoms with Crippen LogP contribution in [0.25, 0.3) is 0 Å². The van der Waals surface area contributed by atoms with Crippen LogP contribution in [-0.2, 0) is 38.7 Å². The smallest absolute Gasteiger partial charge is 0.306 e. The average Bonchev–Trinajstić information content (AvgIpc) is 3.26. The number of carbonyl (C=O) groups is 2. The Morgan fingerprint density at radius 3 is 1.41 bits per heavy atom. The first-order valence-electron chi connectivity index (χ1n) is 23.8. The van der Waals surface area contributed by atoms with Gasteiger partial charge in [-0.2, -0.15) is 8.42 Å². The highest BCUT2D eigenvalue weighted by Crippen LogP contribution is 2.24. The minimum Gasteiger partial charge on any atom is -0.462 e. The molecule has 0 aromatic rings. The van der Waals surface area contributed by atoms with Gasteiger partial charge in [-0.05, 0) is 96.3 Å². The van der Waals surface area contributed by atoms with Crippen LogP contribution in [0.4, 0.5) is 0 Å². The molecule has 0 saturated carbocycles. The van der Waals surface area contributed by atoms with Gasteiger partial charge >= 0.3 is 11.9 Å². The van der Waals surface area contributed by atoms with Gasteiger partial charge in [-0.3, -0.25) is 14.1 Å². The molecule has 0 spiro atoms. The molecule has 0 aromatic carbocycles. The topological polar surface area (TPSA) is 186 Å². The number of rotatable bonds is 38. The summed E-state index contributed by atoms with van der Waals surface area (Å²) in [5.74, 6) is -2.11. The zero-order valence-electron chi connectivity index (χ0n) is 38.8. The Kier molecular flexibility index (Phi) is 36.5. The third-order valence-corrected chi connectivity index (χ3v) is 10.9. The Labute approximate surface area is 385 Å². The summed E-state index contributed by atoms with van der Waals surface area (Å²) in [5, 5.41) is 30.9. The van der Waals surface area contributed by atoms with E-state index in [2.05, 4.69) is 98.9 Å². The lowest BCUT2D eigenvalue weighted by atomic mass is 10.00. The van der Waals surface area contributed by atoms with Crippen molar-refractivity contribution < 1.29 is 56.8 Å². The Morgan fingerprint density at radius 2 is 0.953 bits per heavy atom. The zero-order valence-corrected chi connectivity index (χ0v) is 39.7. The van der Waals surface area contributed by atoms with Crippen molar-refractivity contribution in [3.63, 3.8) is 0 Å². The van der Waals surface area contributed by atoms with Crippen LogP contribution in [0.2, 0.25) is 0 Å². The molecule has 0 radical (unpaired) electrons. The fourth-order valence-electron chi connectivity index (χ4n) is 6.42. The van der Waals surface area contributed by atoms with Gasteiger partial charge in [0.2, 0.25) is 0 Å². The van der Waals surface area contributed by atoms with Crippen LogP contribution in [-0.4, -0.2) is 96.0 Å². The standard InChI is InChI=1S/C51H82O12S/c1-3-5-7-9-11-13-15-17-19-21-22-24-26-28-30-32-34-36-38-40-47(53)62-44(42-61-51-50(56)49(55)48(54)45(63-51)43-64(57,58)59)41-60-46(52)39-37-35-33-31-29-27-25-23-20-18-16-14-12-10-8-6-4-2/h11-14,17-20,22,24-25,27-28,30-31,33,44-45,48-51,54-56H,3-10,15-16,21,23,26,29,32,34-43H2,1-2H3,(H,57,58,59)/b13-11+,14-12+,19-17+,20-18+,24-22+,27-25+,30-28+,33-31+/t44-,45-,48-,49?,50?,51+/m1/s1. The molecule has 1 aliphatic heterocycles. The van der Waals surface area contributed by atoms with Crippen molar-refractivity contribution in [2.24, 2.45) is 0 Å². The first-order chi connectivity index (χ1) is 31.0. The molecule has 0 amide bonds. The maximum absolute atomic E-state index is 12.8. The molecule has 364 valence electrons. The van der Waals surface area contributed by atoms with Gasteiger partial charge in [0.25, 0.3) is 10.1 Å². The van der Waals surface area contributed by atoms with E-state index < -0.39 is 71.2 Å². The first kappa shape index (κ1) is 58.6. The lowest BCUT2D eigenvalue weighted by molar-refractivity contribution is -0.297. The van der Waals surface area contributed by atoms with Gasteiger partial charge in [-0.25, -0.2) is 0 Å². The number of hydrogen-bond donors (Lipinski definition) is 4. The third kappa shape index (κ3) is 34.0. The quantitative estimate of drug-likeness (QED) is 0.0199. The molecular weight excluding hydrogens is 837 g/mol. The summed E-state index contributed by atoms with van der Waals surface area (Å²) in [7, 11) is -4.62. The molecule has 0 bridgehead atoms. The second kappa shape index (κ2) is 39.9. The second-order valence-electron chi connectivity index (χ2n) is 16.1. The molecule has 1 rings (SSSR count). The molecule has 1 fully saturated rings. The summed E-state index contributed by atoms with van der Waals surface area (Å²) < 4.78 is 54.0. The molecule has 12 nitrogen and oxygen atoms in total. The number of esters is 2. The van der Waals surface area contributed by atoms with Crippen LogP contribution in [0, 0.1) is 0 Å². The van der Waals surface area contributed by atoms with Gasteiger partial charge in [-0.15, -0.1) is 0 Å². The van der Waals surface area contributed by atoms with E-state index in [9.17, 15) is 37.9 Å². The summed E-state index contributed by atoms with van der Waals surface area (Å²) in [6.07, 6.45) is 44.5. The predicted octanol–water partition coefficient (Wildman–Crippen LogP) is 10.2.